The second-order valence-electron chi connectivity index (χ2n) is 5.99. The Morgan fingerprint density at radius 2 is 2.12 bits per heavy atom. The summed E-state index contributed by atoms with van der Waals surface area (Å²) in [6.07, 6.45) is 4.73. The SMILES string of the molecule is C=CCOCC(NC(=O)C1(c2cccc(Cl)c2)CCCC1)C(=O)O. The van der Waals surface area contributed by atoms with Gasteiger partial charge >= 0.3 is 5.97 Å². The molecule has 1 unspecified atom stereocenters. The van der Waals surface area contributed by atoms with Gasteiger partial charge in [0.25, 0.3) is 0 Å². The summed E-state index contributed by atoms with van der Waals surface area (Å²) in [7, 11) is 0. The standard InChI is InChI=1S/C18H22ClNO4/c1-2-10-24-12-15(16(21)22)20-17(23)18(8-3-4-9-18)13-6-5-7-14(19)11-13/h2,5-7,11,15H,1,3-4,8-10,12H2,(H,20,23)(H,21,22). The predicted octanol–water partition coefficient (Wildman–Crippen LogP) is 2.92. The van der Waals surface area contributed by atoms with Crippen LogP contribution in [0.1, 0.15) is 31.2 Å². The maximum absolute atomic E-state index is 12.9. The Balaban J connectivity index is 2.19. The molecule has 1 amide bonds. The highest BCUT2D eigenvalue weighted by molar-refractivity contribution is 6.30. The fraction of sp³-hybridized carbons (Fsp3) is 0.444. The van der Waals surface area contributed by atoms with Gasteiger partial charge in [-0.25, -0.2) is 4.79 Å². The van der Waals surface area contributed by atoms with Crippen LogP contribution in [0.4, 0.5) is 0 Å². The van der Waals surface area contributed by atoms with E-state index in [-0.39, 0.29) is 19.1 Å². The molecule has 1 aromatic carbocycles. The summed E-state index contributed by atoms with van der Waals surface area (Å²) in [6, 6.07) is 6.15. The van der Waals surface area contributed by atoms with Gasteiger partial charge in [0.2, 0.25) is 5.91 Å². The van der Waals surface area contributed by atoms with E-state index in [0.29, 0.717) is 17.9 Å². The van der Waals surface area contributed by atoms with E-state index in [1.165, 1.54) is 6.08 Å². The molecule has 0 heterocycles. The van der Waals surface area contributed by atoms with Crippen LogP contribution in [0.5, 0.6) is 0 Å². The van der Waals surface area contributed by atoms with Crippen molar-refractivity contribution in [1.82, 2.24) is 5.32 Å². The summed E-state index contributed by atoms with van der Waals surface area (Å²) < 4.78 is 5.19. The number of carbonyl (C=O) groups is 2. The van der Waals surface area contributed by atoms with Crippen molar-refractivity contribution in [3.63, 3.8) is 0 Å². The average Bonchev–Trinajstić information content (AvgIpc) is 3.05. The fourth-order valence-electron chi connectivity index (χ4n) is 3.15. The number of ether oxygens (including phenoxy) is 1. The van der Waals surface area contributed by atoms with Crippen LogP contribution < -0.4 is 5.32 Å². The van der Waals surface area contributed by atoms with E-state index in [0.717, 1.165) is 18.4 Å². The van der Waals surface area contributed by atoms with Gasteiger partial charge in [0.05, 0.1) is 18.6 Å². The summed E-state index contributed by atoms with van der Waals surface area (Å²) in [4.78, 5) is 24.3. The monoisotopic (exact) mass is 351 g/mol. The highest BCUT2D eigenvalue weighted by atomic mass is 35.5. The van der Waals surface area contributed by atoms with E-state index in [1.807, 2.05) is 12.1 Å². The lowest BCUT2D eigenvalue weighted by Gasteiger charge is -2.30. The van der Waals surface area contributed by atoms with Gasteiger partial charge in [0.1, 0.15) is 0 Å². The van der Waals surface area contributed by atoms with Crippen molar-refractivity contribution in [2.45, 2.75) is 37.1 Å². The van der Waals surface area contributed by atoms with Crippen LogP contribution in [0.3, 0.4) is 0 Å². The van der Waals surface area contributed by atoms with Crippen molar-refractivity contribution in [3.05, 3.63) is 47.5 Å². The second-order valence-corrected chi connectivity index (χ2v) is 6.43. The van der Waals surface area contributed by atoms with Gasteiger partial charge in [0, 0.05) is 5.02 Å². The number of aliphatic carboxylic acids is 1. The zero-order valence-corrected chi connectivity index (χ0v) is 14.2. The molecule has 0 bridgehead atoms. The molecule has 5 nitrogen and oxygen atoms in total. The first-order chi connectivity index (χ1) is 11.5. The molecule has 1 aliphatic rings. The molecular weight excluding hydrogens is 330 g/mol. The molecule has 130 valence electrons. The lowest BCUT2D eigenvalue weighted by Crippen LogP contribution is -2.51. The summed E-state index contributed by atoms with van der Waals surface area (Å²) >= 11 is 6.08. The molecule has 0 saturated heterocycles. The number of nitrogens with one attached hydrogen (secondary N) is 1. The Morgan fingerprint density at radius 1 is 1.42 bits per heavy atom. The number of carboxylic acids is 1. The van der Waals surface area contributed by atoms with Crippen molar-refractivity contribution in [2.24, 2.45) is 0 Å². The van der Waals surface area contributed by atoms with Crippen LogP contribution in [0, 0.1) is 0 Å². The minimum absolute atomic E-state index is 0.0985. The minimum atomic E-state index is -1.12. The molecule has 1 atom stereocenters. The number of halogens is 1. The van der Waals surface area contributed by atoms with Crippen molar-refractivity contribution < 1.29 is 19.4 Å². The highest BCUT2D eigenvalue weighted by Crippen LogP contribution is 2.42. The van der Waals surface area contributed by atoms with Crippen LogP contribution in [0.2, 0.25) is 5.02 Å². The zero-order valence-electron chi connectivity index (χ0n) is 13.5. The molecule has 1 fully saturated rings. The molecule has 2 N–H and O–H groups in total. The molecule has 0 radical (unpaired) electrons. The number of carbonyl (C=O) groups excluding carboxylic acids is 1. The van der Waals surface area contributed by atoms with Gasteiger partial charge in [-0.05, 0) is 30.5 Å². The third kappa shape index (κ3) is 4.16. The Kier molecular flexibility index (Phi) is 6.40. The lowest BCUT2D eigenvalue weighted by atomic mass is 9.78. The van der Waals surface area contributed by atoms with Crippen LogP contribution in [-0.2, 0) is 19.7 Å². The Hall–Kier alpha value is -1.85. The quantitative estimate of drug-likeness (QED) is 0.557. The van der Waals surface area contributed by atoms with Crippen molar-refractivity contribution in [2.75, 3.05) is 13.2 Å². The third-order valence-electron chi connectivity index (χ3n) is 4.39. The second kappa shape index (κ2) is 8.31. The molecule has 2 rings (SSSR count). The van der Waals surface area contributed by atoms with Crippen LogP contribution in [0.15, 0.2) is 36.9 Å². The van der Waals surface area contributed by atoms with Crippen LogP contribution in [0.25, 0.3) is 0 Å². The summed E-state index contributed by atoms with van der Waals surface area (Å²) in [5.74, 6) is -1.40. The van der Waals surface area contributed by atoms with E-state index in [2.05, 4.69) is 11.9 Å². The first-order valence-electron chi connectivity index (χ1n) is 7.98. The number of hydrogen-bond acceptors (Lipinski definition) is 3. The maximum Gasteiger partial charge on any atom is 0.328 e. The fourth-order valence-corrected chi connectivity index (χ4v) is 3.34. The number of benzene rings is 1. The minimum Gasteiger partial charge on any atom is -0.480 e. The van der Waals surface area contributed by atoms with Crippen LogP contribution >= 0.6 is 11.6 Å². The largest absolute Gasteiger partial charge is 0.480 e. The smallest absolute Gasteiger partial charge is 0.328 e. The topological polar surface area (TPSA) is 75.6 Å². The first kappa shape index (κ1) is 18.5. The molecule has 1 aromatic rings. The molecule has 24 heavy (non-hydrogen) atoms. The molecule has 1 saturated carbocycles. The van der Waals surface area contributed by atoms with E-state index in [1.54, 1.807) is 12.1 Å². The number of hydrogen-bond donors (Lipinski definition) is 2. The number of amides is 1. The number of rotatable bonds is 8. The van der Waals surface area contributed by atoms with Crippen molar-refractivity contribution in [3.8, 4) is 0 Å². The summed E-state index contributed by atoms with van der Waals surface area (Å²) in [5.41, 5.74) is 0.109. The van der Waals surface area contributed by atoms with E-state index >= 15 is 0 Å². The van der Waals surface area contributed by atoms with Crippen LogP contribution in [-0.4, -0.2) is 36.2 Å². The van der Waals surface area contributed by atoms with Gasteiger partial charge in [-0.3, -0.25) is 4.79 Å². The molecule has 1 aliphatic carbocycles. The van der Waals surface area contributed by atoms with Gasteiger partial charge in [-0.15, -0.1) is 6.58 Å². The number of carboxylic acid groups (broad SMARTS) is 1. The molecular formula is C18H22ClNO4. The van der Waals surface area contributed by atoms with Gasteiger partial charge in [0.15, 0.2) is 6.04 Å². The Bertz CT molecular complexity index is 611. The molecule has 0 aromatic heterocycles. The molecule has 0 aliphatic heterocycles. The normalized spacial score (nSPS) is 17.2. The van der Waals surface area contributed by atoms with Gasteiger partial charge in [-0.1, -0.05) is 42.7 Å². The van der Waals surface area contributed by atoms with E-state index < -0.39 is 17.4 Å². The molecule has 6 heteroatoms. The zero-order chi connectivity index (χ0) is 17.6. The van der Waals surface area contributed by atoms with Gasteiger partial charge < -0.3 is 15.2 Å². The Morgan fingerprint density at radius 3 is 2.71 bits per heavy atom. The predicted molar refractivity (Wildman–Crippen MR) is 92.2 cm³/mol. The van der Waals surface area contributed by atoms with Gasteiger partial charge in [-0.2, -0.15) is 0 Å². The third-order valence-corrected chi connectivity index (χ3v) is 4.63. The average molecular weight is 352 g/mol. The van der Waals surface area contributed by atoms with Crippen molar-refractivity contribution in [1.29, 1.82) is 0 Å². The summed E-state index contributed by atoms with van der Waals surface area (Å²) in [6.45, 7) is 3.65. The molecule has 0 spiro atoms. The lowest BCUT2D eigenvalue weighted by molar-refractivity contribution is -0.144. The highest BCUT2D eigenvalue weighted by Gasteiger charge is 2.44. The maximum atomic E-state index is 12.9. The van der Waals surface area contributed by atoms with E-state index in [4.69, 9.17) is 16.3 Å². The summed E-state index contributed by atoms with van der Waals surface area (Å²) in [5, 5.41) is 12.5. The van der Waals surface area contributed by atoms with Crippen molar-refractivity contribution >= 4 is 23.5 Å². The van der Waals surface area contributed by atoms with E-state index in [9.17, 15) is 14.7 Å². The Labute approximate surface area is 146 Å². The first-order valence-corrected chi connectivity index (χ1v) is 8.36.